The van der Waals surface area contributed by atoms with Crippen molar-refractivity contribution >= 4 is 6.29 Å². The maximum atomic E-state index is 13.1. The minimum Gasteiger partial charge on any atom is -0.298 e. The van der Waals surface area contributed by atoms with Gasteiger partial charge in [-0.1, -0.05) is 30.9 Å². The van der Waals surface area contributed by atoms with Gasteiger partial charge in [0.25, 0.3) is 0 Å². The first-order chi connectivity index (χ1) is 9.22. The number of halogens is 1. The molecule has 2 aromatic carbocycles. The molecule has 0 N–H and O–H groups in total. The molecule has 19 heavy (non-hydrogen) atoms. The van der Waals surface area contributed by atoms with Crippen LogP contribution in [0.2, 0.25) is 0 Å². The summed E-state index contributed by atoms with van der Waals surface area (Å²) in [5, 5.41) is 0. The van der Waals surface area contributed by atoms with Gasteiger partial charge in [0.05, 0.1) is 0 Å². The van der Waals surface area contributed by atoms with Gasteiger partial charge < -0.3 is 0 Å². The standard InChI is InChI=1S/C17H13FO/c1-2-13-3-5-14(6-4-13)7-8-15-11-17(18)10-9-16(15)12-19/h3-6,9-12H,2H2,1H3. The maximum absolute atomic E-state index is 13.1. The molecule has 0 bridgehead atoms. The Bertz CT molecular complexity index is 645. The van der Waals surface area contributed by atoms with Gasteiger partial charge in [-0.25, -0.2) is 4.39 Å². The molecule has 0 atom stereocenters. The Morgan fingerprint density at radius 3 is 2.47 bits per heavy atom. The molecule has 0 aliphatic carbocycles. The van der Waals surface area contributed by atoms with Crippen LogP contribution < -0.4 is 0 Å². The van der Waals surface area contributed by atoms with Crippen LogP contribution in [0.5, 0.6) is 0 Å². The third-order valence-corrected chi connectivity index (χ3v) is 2.85. The summed E-state index contributed by atoms with van der Waals surface area (Å²) in [4.78, 5) is 10.8. The highest BCUT2D eigenvalue weighted by atomic mass is 19.1. The molecule has 0 unspecified atom stereocenters. The first kappa shape index (κ1) is 13.0. The van der Waals surface area contributed by atoms with Crippen molar-refractivity contribution in [3.63, 3.8) is 0 Å². The zero-order valence-electron chi connectivity index (χ0n) is 10.6. The van der Waals surface area contributed by atoms with Crippen LogP contribution in [0.4, 0.5) is 4.39 Å². The predicted octanol–water partition coefficient (Wildman–Crippen LogP) is 3.60. The van der Waals surface area contributed by atoms with Crippen molar-refractivity contribution in [2.24, 2.45) is 0 Å². The summed E-state index contributed by atoms with van der Waals surface area (Å²) < 4.78 is 13.1. The summed E-state index contributed by atoms with van der Waals surface area (Å²) in [7, 11) is 0. The lowest BCUT2D eigenvalue weighted by molar-refractivity contribution is 0.112. The molecule has 0 saturated carbocycles. The van der Waals surface area contributed by atoms with Crippen molar-refractivity contribution in [3.8, 4) is 11.8 Å². The molecule has 0 fully saturated rings. The first-order valence-corrected chi connectivity index (χ1v) is 6.08. The van der Waals surface area contributed by atoms with E-state index < -0.39 is 5.82 Å². The lowest BCUT2D eigenvalue weighted by Crippen LogP contribution is -1.89. The van der Waals surface area contributed by atoms with E-state index in [9.17, 15) is 9.18 Å². The molecule has 2 rings (SSSR count). The second-order valence-electron chi connectivity index (χ2n) is 4.15. The van der Waals surface area contributed by atoms with Gasteiger partial charge in [0.1, 0.15) is 5.82 Å². The fraction of sp³-hybridized carbons (Fsp3) is 0.118. The van der Waals surface area contributed by atoms with E-state index in [1.54, 1.807) is 0 Å². The van der Waals surface area contributed by atoms with E-state index in [0.29, 0.717) is 17.4 Å². The molecule has 0 amide bonds. The summed E-state index contributed by atoms with van der Waals surface area (Å²) in [5.41, 5.74) is 2.90. The lowest BCUT2D eigenvalue weighted by Gasteiger charge is -1.97. The van der Waals surface area contributed by atoms with Crippen LogP contribution in [0.1, 0.15) is 34.0 Å². The number of benzene rings is 2. The molecule has 2 aromatic rings. The quantitative estimate of drug-likeness (QED) is 0.589. The van der Waals surface area contributed by atoms with E-state index in [4.69, 9.17) is 0 Å². The number of carbonyl (C=O) groups excluding carboxylic acids is 1. The van der Waals surface area contributed by atoms with Crippen molar-refractivity contribution in [2.75, 3.05) is 0 Å². The summed E-state index contributed by atoms with van der Waals surface area (Å²) in [6.45, 7) is 2.09. The fourth-order valence-electron chi connectivity index (χ4n) is 1.70. The third kappa shape index (κ3) is 3.29. The van der Waals surface area contributed by atoms with Crippen molar-refractivity contribution in [3.05, 3.63) is 70.5 Å². The molecule has 0 saturated heterocycles. The smallest absolute Gasteiger partial charge is 0.151 e. The highest BCUT2D eigenvalue weighted by molar-refractivity contribution is 5.79. The molecular weight excluding hydrogens is 239 g/mol. The van der Waals surface area contributed by atoms with Gasteiger partial charge in [0, 0.05) is 16.7 Å². The molecule has 0 aliphatic heterocycles. The highest BCUT2D eigenvalue weighted by Gasteiger charge is 2.00. The van der Waals surface area contributed by atoms with Crippen LogP contribution in [0, 0.1) is 17.7 Å². The summed E-state index contributed by atoms with van der Waals surface area (Å²) in [6, 6.07) is 11.8. The predicted molar refractivity (Wildman–Crippen MR) is 73.6 cm³/mol. The van der Waals surface area contributed by atoms with Gasteiger partial charge in [-0.3, -0.25) is 4.79 Å². The Labute approximate surface area is 112 Å². The van der Waals surface area contributed by atoms with Crippen LogP contribution in [0.3, 0.4) is 0 Å². The van der Waals surface area contributed by atoms with E-state index in [1.165, 1.54) is 23.8 Å². The summed E-state index contributed by atoms with van der Waals surface area (Å²) in [5.74, 6) is 5.38. The SMILES string of the molecule is CCc1ccc(C#Cc2cc(F)ccc2C=O)cc1. The van der Waals surface area contributed by atoms with E-state index in [2.05, 4.69) is 18.8 Å². The van der Waals surface area contributed by atoms with Crippen molar-refractivity contribution in [1.82, 2.24) is 0 Å². The number of hydrogen-bond acceptors (Lipinski definition) is 1. The maximum Gasteiger partial charge on any atom is 0.151 e. The molecule has 0 spiro atoms. The molecule has 1 nitrogen and oxygen atoms in total. The van der Waals surface area contributed by atoms with Gasteiger partial charge in [-0.05, 0) is 42.3 Å². The summed E-state index contributed by atoms with van der Waals surface area (Å²) >= 11 is 0. The van der Waals surface area contributed by atoms with Crippen LogP contribution >= 0.6 is 0 Å². The lowest BCUT2D eigenvalue weighted by atomic mass is 10.1. The van der Waals surface area contributed by atoms with Crippen molar-refractivity contribution < 1.29 is 9.18 Å². The van der Waals surface area contributed by atoms with Crippen LogP contribution in [0.25, 0.3) is 0 Å². The third-order valence-electron chi connectivity index (χ3n) is 2.85. The minimum atomic E-state index is -0.392. The molecule has 0 aromatic heterocycles. The van der Waals surface area contributed by atoms with Crippen molar-refractivity contribution in [2.45, 2.75) is 13.3 Å². The first-order valence-electron chi connectivity index (χ1n) is 6.08. The van der Waals surface area contributed by atoms with E-state index in [0.717, 1.165) is 12.0 Å². The largest absolute Gasteiger partial charge is 0.298 e. The van der Waals surface area contributed by atoms with E-state index >= 15 is 0 Å². The Morgan fingerprint density at radius 1 is 1.11 bits per heavy atom. The number of rotatable bonds is 2. The highest BCUT2D eigenvalue weighted by Crippen LogP contribution is 2.09. The Kier molecular flexibility index (Phi) is 4.10. The molecule has 94 valence electrons. The van der Waals surface area contributed by atoms with Crippen LogP contribution in [-0.4, -0.2) is 6.29 Å². The Hall–Kier alpha value is -2.40. The van der Waals surface area contributed by atoms with Gasteiger partial charge in [-0.15, -0.1) is 0 Å². The molecular formula is C17H13FO. The Balaban J connectivity index is 2.32. The summed E-state index contributed by atoms with van der Waals surface area (Å²) in [6.07, 6.45) is 1.66. The fourth-order valence-corrected chi connectivity index (χ4v) is 1.70. The molecule has 0 heterocycles. The van der Waals surface area contributed by atoms with E-state index in [1.807, 2.05) is 24.3 Å². The number of hydrogen-bond donors (Lipinski definition) is 0. The molecule has 2 heteroatoms. The van der Waals surface area contributed by atoms with Crippen molar-refractivity contribution in [1.29, 1.82) is 0 Å². The second-order valence-corrected chi connectivity index (χ2v) is 4.15. The van der Waals surface area contributed by atoms with Crippen LogP contribution in [-0.2, 0) is 6.42 Å². The van der Waals surface area contributed by atoms with Gasteiger partial charge in [0.15, 0.2) is 6.29 Å². The number of carbonyl (C=O) groups is 1. The molecule has 0 radical (unpaired) electrons. The number of aryl methyl sites for hydroxylation is 1. The van der Waals surface area contributed by atoms with Gasteiger partial charge >= 0.3 is 0 Å². The van der Waals surface area contributed by atoms with Gasteiger partial charge in [-0.2, -0.15) is 0 Å². The monoisotopic (exact) mass is 252 g/mol. The minimum absolute atomic E-state index is 0.392. The van der Waals surface area contributed by atoms with E-state index in [-0.39, 0.29) is 0 Å². The normalized spacial score (nSPS) is 9.58. The molecule has 0 aliphatic rings. The average Bonchev–Trinajstić information content (AvgIpc) is 2.46. The topological polar surface area (TPSA) is 17.1 Å². The Morgan fingerprint density at radius 2 is 1.84 bits per heavy atom. The zero-order valence-corrected chi connectivity index (χ0v) is 10.6. The average molecular weight is 252 g/mol. The van der Waals surface area contributed by atoms with Crippen LogP contribution in [0.15, 0.2) is 42.5 Å². The number of aldehydes is 1. The zero-order chi connectivity index (χ0) is 13.7. The van der Waals surface area contributed by atoms with Gasteiger partial charge in [0.2, 0.25) is 0 Å². The second kappa shape index (κ2) is 5.97.